The number of carbonyl (C=O) groups is 1. The molecule has 2 aromatic carbocycles. The van der Waals surface area contributed by atoms with Crippen molar-refractivity contribution >= 4 is 41.5 Å². The second-order valence-corrected chi connectivity index (χ2v) is 7.64. The number of hydrogen-bond donors (Lipinski definition) is 1. The van der Waals surface area contributed by atoms with Gasteiger partial charge in [0.25, 0.3) is 0 Å². The van der Waals surface area contributed by atoms with Gasteiger partial charge in [0.2, 0.25) is 0 Å². The summed E-state index contributed by atoms with van der Waals surface area (Å²) in [5.74, 6) is -0.874. The number of rotatable bonds is 4. The van der Waals surface area contributed by atoms with Crippen molar-refractivity contribution in [2.24, 2.45) is 0 Å². The van der Waals surface area contributed by atoms with Crippen molar-refractivity contribution in [1.82, 2.24) is 4.90 Å². The van der Waals surface area contributed by atoms with Crippen LogP contribution in [0.15, 0.2) is 52.3 Å². The highest BCUT2D eigenvalue weighted by Crippen LogP contribution is 2.50. The maximum Gasteiger partial charge on any atom is 0.335 e. The molecule has 0 spiro atoms. The lowest BCUT2D eigenvalue weighted by Crippen LogP contribution is -2.45. The number of benzene rings is 2. The average Bonchev–Trinajstić information content (AvgIpc) is 3.15. The molecule has 0 amide bonds. The zero-order chi connectivity index (χ0) is 17.4. The summed E-state index contributed by atoms with van der Waals surface area (Å²) < 4.78 is 0. The molecule has 4 nitrogen and oxygen atoms in total. The molecule has 1 fully saturated rings. The van der Waals surface area contributed by atoms with Crippen molar-refractivity contribution in [1.29, 1.82) is 0 Å². The number of likely N-dealkylation sites (tertiary alicyclic amines) is 1. The maximum absolute atomic E-state index is 11.5. The van der Waals surface area contributed by atoms with Crippen LogP contribution >= 0.6 is 24.2 Å². The fourth-order valence-electron chi connectivity index (χ4n) is 3.88. The van der Waals surface area contributed by atoms with E-state index in [-0.39, 0.29) is 18.6 Å². The number of nitrogens with zero attached hydrogens (tertiary/aromatic N) is 2. The largest absolute Gasteiger partial charge is 0.478 e. The van der Waals surface area contributed by atoms with Gasteiger partial charge in [0.15, 0.2) is 0 Å². The molecule has 2 aromatic rings. The fourth-order valence-corrected chi connectivity index (χ4v) is 4.93. The average molecular weight is 391 g/mol. The van der Waals surface area contributed by atoms with Gasteiger partial charge in [0.05, 0.1) is 23.1 Å². The van der Waals surface area contributed by atoms with Crippen molar-refractivity contribution in [3.63, 3.8) is 0 Å². The summed E-state index contributed by atoms with van der Waals surface area (Å²) in [5.41, 5.74) is 2.55. The molecule has 2 aliphatic rings. The summed E-state index contributed by atoms with van der Waals surface area (Å²) in [6, 6.07) is 13.9. The molecule has 1 unspecified atom stereocenters. The van der Waals surface area contributed by atoms with Crippen LogP contribution in [0.1, 0.15) is 36.5 Å². The van der Waals surface area contributed by atoms with Crippen LogP contribution in [0.4, 0.5) is 11.4 Å². The quantitative estimate of drug-likeness (QED) is 0.773. The molecule has 138 valence electrons. The van der Waals surface area contributed by atoms with E-state index in [1.165, 1.54) is 23.4 Å². The van der Waals surface area contributed by atoms with Gasteiger partial charge in [-0.25, -0.2) is 4.79 Å². The molecular weight excluding hydrogens is 368 g/mol. The van der Waals surface area contributed by atoms with E-state index in [4.69, 9.17) is 0 Å². The van der Waals surface area contributed by atoms with Crippen LogP contribution in [0.25, 0.3) is 0 Å². The van der Waals surface area contributed by atoms with E-state index in [0.29, 0.717) is 5.56 Å². The molecule has 0 aromatic heterocycles. The Morgan fingerprint density at radius 2 is 1.81 bits per heavy atom. The molecule has 0 aliphatic carbocycles. The van der Waals surface area contributed by atoms with Gasteiger partial charge < -0.3 is 10.0 Å². The summed E-state index contributed by atoms with van der Waals surface area (Å²) in [6.07, 6.45) is 3.73. The molecule has 0 saturated carbocycles. The minimum atomic E-state index is -0.874. The summed E-state index contributed by atoms with van der Waals surface area (Å²) in [7, 11) is 0. The molecule has 4 rings (SSSR count). The number of halogens is 1. The standard InChI is InChI=1S/C20H22N2O2S.ClH/c1-2-19(21-11-5-6-12-21)22-15-7-3-4-8-17(15)25-18-10-9-14(20(23)24)13-16(18)22;/h3-4,7-10,13,19H,2,5-6,11-12H2,1H3,(H,23,24);1H. The van der Waals surface area contributed by atoms with Crippen molar-refractivity contribution in [3.05, 3.63) is 48.0 Å². The van der Waals surface area contributed by atoms with Crippen molar-refractivity contribution in [2.45, 2.75) is 42.1 Å². The first kappa shape index (κ1) is 19.1. The number of hydrogen-bond acceptors (Lipinski definition) is 4. The first-order valence-electron chi connectivity index (χ1n) is 8.86. The van der Waals surface area contributed by atoms with E-state index in [0.717, 1.165) is 30.1 Å². The maximum atomic E-state index is 11.5. The fraction of sp³-hybridized carbons (Fsp3) is 0.350. The molecule has 1 N–H and O–H groups in total. The lowest BCUT2D eigenvalue weighted by Gasteiger charge is -2.42. The van der Waals surface area contributed by atoms with E-state index in [9.17, 15) is 9.90 Å². The monoisotopic (exact) mass is 390 g/mol. The predicted octanol–water partition coefficient (Wildman–Crippen LogP) is 5.24. The zero-order valence-corrected chi connectivity index (χ0v) is 16.4. The van der Waals surface area contributed by atoms with Crippen molar-refractivity contribution < 1.29 is 9.90 Å². The van der Waals surface area contributed by atoms with Crippen LogP contribution in [-0.2, 0) is 0 Å². The van der Waals surface area contributed by atoms with Gasteiger partial charge in [0.1, 0.15) is 0 Å². The second kappa shape index (κ2) is 7.91. The van der Waals surface area contributed by atoms with E-state index >= 15 is 0 Å². The Balaban J connectivity index is 0.00000196. The molecule has 6 heteroatoms. The molecule has 26 heavy (non-hydrogen) atoms. The van der Waals surface area contributed by atoms with Gasteiger partial charge >= 0.3 is 5.97 Å². The Labute approximate surface area is 164 Å². The molecule has 1 atom stereocenters. The highest BCUT2D eigenvalue weighted by Gasteiger charge is 2.33. The van der Waals surface area contributed by atoms with Crippen LogP contribution < -0.4 is 4.90 Å². The summed E-state index contributed by atoms with van der Waals surface area (Å²) in [4.78, 5) is 18.7. The van der Waals surface area contributed by atoms with Gasteiger partial charge in [0, 0.05) is 22.9 Å². The van der Waals surface area contributed by atoms with Crippen LogP contribution in [0, 0.1) is 0 Å². The number of anilines is 2. The smallest absolute Gasteiger partial charge is 0.335 e. The lowest BCUT2D eigenvalue weighted by atomic mass is 10.1. The van der Waals surface area contributed by atoms with E-state index in [1.54, 1.807) is 17.8 Å². The Morgan fingerprint density at radius 1 is 1.12 bits per heavy atom. The summed E-state index contributed by atoms with van der Waals surface area (Å²) in [6.45, 7) is 4.44. The van der Waals surface area contributed by atoms with Gasteiger partial charge in [-0.1, -0.05) is 30.8 Å². The molecule has 0 bridgehead atoms. The Kier molecular flexibility index (Phi) is 5.80. The number of carboxylic acid groups (broad SMARTS) is 1. The van der Waals surface area contributed by atoms with Crippen molar-refractivity contribution in [2.75, 3.05) is 18.0 Å². The van der Waals surface area contributed by atoms with Gasteiger partial charge in [-0.3, -0.25) is 4.90 Å². The minimum Gasteiger partial charge on any atom is -0.478 e. The molecule has 0 radical (unpaired) electrons. The highest BCUT2D eigenvalue weighted by atomic mass is 35.5. The first-order chi connectivity index (χ1) is 12.2. The third-order valence-corrected chi connectivity index (χ3v) is 6.17. The number of para-hydroxylation sites is 1. The SMILES string of the molecule is CCC(N1CCCC1)N1c2ccccc2Sc2ccc(C(=O)O)cc21.Cl. The first-order valence-corrected chi connectivity index (χ1v) is 9.68. The van der Waals surface area contributed by atoms with Crippen LogP contribution in [0.3, 0.4) is 0 Å². The molecule has 2 heterocycles. The van der Waals surface area contributed by atoms with E-state index in [1.807, 2.05) is 12.1 Å². The predicted molar refractivity (Wildman–Crippen MR) is 108 cm³/mol. The zero-order valence-electron chi connectivity index (χ0n) is 14.7. The summed E-state index contributed by atoms with van der Waals surface area (Å²) in [5, 5.41) is 9.44. The number of aromatic carboxylic acids is 1. The van der Waals surface area contributed by atoms with Gasteiger partial charge in [-0.15, -0.1) is 12.4 Å². The Hall–Kier alpha value is -1.69. The number of fused-ring (bicyclic) bond motifs is 2. The Morgan fingerprint density at radius 3 is 2.50 bits per heavy atom. The topological polar surface area (TPSA) is 43.8 Å². The molecule has 2 aliphatic heterocycles. The van der Waals surface area contributed by atoms with E-state index in [2.05, 4.69) is 41.0 Å². The number of carboxylic acids is 1. The third-order valence-electron chi connectivity index (χ3n) is 5.04. The molecule has 1 saturated heterocycles. The van der Waals surface area contributed by atoms with Gasteiger partial charge in [-0.2, -0.15) is 0 Å². The minimum absolute atomic E-state index is 0. The highest BCUT2D eigenvalue weighted by molar-refractivity contribution is 7.99. The third kappa shape index (κ3) is 3.31. The van der Waals surface area contributed by atoms with E-state index < -0.39 is 5.97 Å². The second-order valence-electron chi connectivity index (χ2n) is 6.56. The van der Waals surface area contributed by atoms with Crippen LogP contribution in [0.5, 0.6) is 0 Å². The Bertz CT molecular complexity index is 808. The van der Waals surface area contributed by atoms with Crippen LogP contribution in [0.2, 0.25) is 0 Å². The lowest BCUT2D eigenvalue weighted by molar-refractivity contribution is 0.0697. The van der Waals surface area contributed by atoms with Crippen LogP contribution in [-0.4, -0.2) is 35.2 Å². The molecular formula is C20H23ClN2O2S. The normalized spacial score (nSPS) is 17.2. The van der Waals surface area contributed by atoms with Crippen molar-refractivity contribution in [3.8, 4) is 0 Å². The van der Waals surface area contributed by atoms with Gasteiger partial charge in [-0.05, 0) is 49.6 Å². The summed E-state index contributed by atoms with van der Waals surface area (Å²) >= 11 is 1.72.